The van der Waals surface area contributed by atoms with Crippen molar-refractivity contribution in [2.24, 2.45) is 0 Å². The fourth-order valence-electron chi connectivity index (χ4n) is 1.32. The van der Waals surface area contributed by atoms with Crippen molar-refractivity contribution in [2.45, 2.75) is 6.92 Å². The van der Waals surface area contributed by atoms with Gasteiger partial charge in [-0.2, -0.15) is 0 Å². The van der Waals surface area contributed by atoms with Gasteiger partial charge < -0.3 is 5.32 Å². The molecule has 0 saturated heterocycles. The second kappa shape index (κ2) is 4.98. The Kier molecular flexibility index (Phi) is 3.59. The molecule has 3 nitrogen and oxygen atoms in total. The molecule has 0 aliphatic heterocycles. The molecular weight excluding hydrogens is 308 g/mol. The third-order valence-corrected chi connectivity index (χ3v) is 2.84. The van der Waals surface area contributed by atoms with Crippen molar-refractivity contribution < 1.29 is 4.39 Å². The summed E-state index contributed by atoms with van der Waals surface area (Å²) in [5.74, 6) is 0.744. The zero-order valence-corrected chi connectivity index (χ0v) is 11.2. The second-order valence-corrected chi connectivity index (χ2v) is 4.62. The van der Waals surface area contributed by atoms with E-state index in [-0.39, 0.29) is 5.82 Å². The number of benzene rings is 1. The molecule has 0 fully saturated rings. The fourth-order valence-corrected chi connectivity index (χ4v) is 1.79. The van der Waals surface area contributed by atoms with Crippen LogP contribution in [0.5, 0.6) is 0 Å². The predicted molar refractivity (Wildman–Crippen MR) is 69.2 cm³/mol. The smallest absolute Gasteiger partial charge is 0.139 e. The summed E-state index contributed by atoms with van der Waals surface area (Å²) in [4.78, 5) is 8.08. The van der Waals surface area contributed by atoms with E-state index in [9.17, 15) is 4.39 Å². The molecule has 0 spiro atoms. The van der Waals surface area contributed by atoms with E-state index < -0.39 is 0 Å². The van der Waals surface area contributed by atoms with Crippen molar-refractivity contribution in [3.05, 3.63) is 45.5 Å². The monoisotopic (exact) mass is 315 g/mol. The lowest BCUT2D eigenvalue weighted by molar-refractivity contribution is 0.622. The average Bonchev–Trinajstić information content (AvgIpc) is 2.22. The maximum Gasteiger partial charge on any atom is 0.139 e. The molecule has 88 valence electrons. The van der Waals surface area contributed by atoms with Crippen LogP contribution in [-0.2, 0) is 0 Å². The number of hydrogen-bond acceptors (Lipinski definition) is 3. The molecule has 1 aromatic heterocycles. The number of aromatic nitrogens is 2. The lowest BCUT2D eigenvalue weighted by atomic mass is 10.3. The maximum absolute atomic E-state index is 13.3. The molecule has 1 aromatic carbocycles. The molecule has 2 aromatic rings. The van der Waals surface area contributed by atoms with E-state index in [1.165, 1.54) is 6.07 Å². The van der Waals surface area contributed by atoms with Crippen molar-refractivity contribution in [1.29, 1.82) is 0 Å². The third-order valence-electron chi connectivity index (χ3n) is 2.00. The molecule has 2 rings (SSSR count). The molecule has 0 saturated carbocycles. The standard InChI is InChI=1S/C11H8BrClFN3/c1-6-15-10(13)5-11(16-6)17-7-2-3-8(12)9(14)4-7/h2-5H,1H3,(H,15,16,17). The van der Waals surface area contributed by atoms with Gasteiger partial charge in [-0.25, -0.2) is 14.4 Å². The highest BCUT2D eigenvalue weighted by molar-refractivity contribution is 9.10. The largest absolute Gasteiger partial charge is 0.340 e. The van der Waals surface area contributed by atoms with Crippen LogP contribution in [-0.4, -0.2) is 9.97 Å². The van der Waals surface area contributed by atoms with Gasteiger partial charge >= 0.3 is 0 Å². The van der Waals surface area contributed by atoms with Crippen LogP contribution in [0.3, 0.4) is 0 Å². The molecule has 0 aliphatic carbocycles. The first-order valence-corrected chi connectivity index (χ1v) is 5.95. The van der Waals surface area contributed by atoms with Crippen LogP contribution in [0.2, 0.25) is 5.15 Å². The van der Waals surface area contributed by atoms with Crippen LogP contribution in [0.25, 0.3) is 0 Å². The minimum Gasteiger partial charge on any atom is -0.340 e. The minimum absolute atomic E-state index is 0.341. The first kappa shape index (κ1) is 12.3. The first-order valence-electron chi connectivity index (χ1n) is 4.78. The van der Waals surface area contributed by atoms with Gasteiger partial charge in [-0.05, 0) is 41.1 Å². The Balaban J connectivity index is 2.28. The molecular formula is C11H8BrClFN3. The minimum atomic E-state index is -0.341. The highest BCUT2D eigenvalue weighted by Gasteiger charge is 2.03. The van der Waals surface area contributed by atoms with Gasteiger partial charge in [0.05, 0.1) is 4.47 Å². The molecule has 6 heteroatoms. The van der Waals surface area contributed by atoms with Crippen LogP contribution >= 0.6 is 27.5 Å². The highest BCUT2D eigenvalue weighted by Crippen LogP contribution is 2.22. The number of nitrogens with zero attached hydrogens (tertiary/aromatic N) is 2. The molecule has 0 atom stereocenters. The topological polar surface area (TPSA) is 37.8 Å². The normalized spacial score (nSPS) is 10.4. The average molecular weight is 317 g/mol. The first-order chi connectivity index (χ1) is 8.04. The van der Waals surface area contributed by atoms with Gasteiger partial charge in [0.15, 0.2) is 0 Å². The Bertz CT molecular complexity index is 542. The Hall–Kier alpha value is -1.20. The van der Waals surface area contributed by atoms with Gasteiger partial charge in [-0.1, -0.05) is 11.6 Å². The highest BCUT2D eigenvalue weighted by atomic mass is 79.9. The summed E-state index contributed by atoms with van der Waals surface area (Å²) in [7, 11) is 0. The zero-order chi connectivity index (χ0) is 12.4. The fraction of sp³-hybridized carbons (Fsp3) is 0.0909. The van der Waals surface area contributed by atoms with Crippen molar-refractivity contribution in [1.82, 2.24) is 9.97 Å². The summed E-state index contributed by atoms with van der Waals surface area (Å²) in [6.45, 7) is 1.74. The van der Waals surface area contributed by atoms with Gasteiger partial charge in [-0.15, -0.1) is 0 Å². The number of anilines is 2. The van der Waals surface area contributed by atoms with Gasteiger partial charge in [0.1, 0.15) is 22.6 Å². The van der Waals surface area contributed by atoms with Crippen molar-refractivity contribution in [3.63, 3.8) is 0 Å². The Morgan fingerprint density at radius 3 is 2.71 bits per heavy atom. The van der Waals surface area contributed by atoms with Crippen molar-refractivity contribution in [2.75, 3.05) is 5.32 Å². The summed E-state index contributed by atoms with van der Waals surface area (Å²) < 4.78 is 13.7. The summed E-state index contributed by atoms with van der Waals surface area (Å²) in [5.41, 5.74) is 0.597. The SMILES string of the molecule is Cc1nc(Cl)cc(Nc2ccc(Br)c(F)c2)n1. The molecule has 0 unspecified atom stereocenters. The zero-order valence-electron chi connectivity index (χ0n) is 8.84. The number of rotatable bonds is 2. The lowest BCUT2D eigenvalue weighted by Crippen LogP contribution is -1.97. The van der Waals surface area contributed by atoms with Gasteiger partial charge in [0.25, 0.3) is 0 Å². The number of halogens is 3. The van der Waals surface area contributed by atoms with E-state index in [2.05, 4.69) is 31.2 Å². The molecule has 1 N–H and O–H groups in total. The number of aryl methyl sites for hydroxylation is 1. The van der Waals surface area contributed by atoms with Crippen LogP contribution in [0.15, 0.2) is 28.7 Å². The Morgan fingerprint density at radius 2 is 2.06 bits per heavy atom. The quantitative estimate of drug-likeness (QED) is 0.848. The number of hydrogen-bond donors (Lipinski definition) is 1. The molecule has 0 amide bonds. The third kappa shape index (κ3) is 3.14. The lowest BCUT2D eigenvalue weighted by Gasteiger charge is -2.07. The van der Waals surface area contributed by atoms with E-state index in [0.29, 0.717) is 27.0 Å². The van der Waals surface area contributed by atoms with Crippen LogP contribution in [0.1, 0.15) is 5.82 Å². The molecule has 0 bridgehead atoms. The van der Waals surface area contributed by atoms with E-state index in [4.69, 9.17) is 11.6 Å². The summed E-state index contributed by atoms with van der Waals surface area (Å²) in [5, 5.41) is 3.30. The summed E-state index contributed by atoms with van der Waals surface area (Å²) in [6, 6.07) is 6.30. The van der Waals surface area contributed by atoms with Gasteiger partial charge in [-0.3, -0.25) is 0 Å². The second-order valence-electron chi connectivity index (χ2n) is 3.38. The number of nitrogens with one attached hydrogen (secondary N) is 1. The van der Waals surface area contributed by atoms with E-state index in [1.54, 1.807) is 25.1 Å². The van der Waals surface area contributed by atoms with Gasteiger partial charge in [0, 0.05) is 11.8 Å². The molecule has 17 heavy (non-hydrogen) atoms. The summed E-state index contributed by atoms with van der Waals surface area (Å²) >= 11 is 8.89. The van der Waals surface area contributed by atoms with Crippen molar-refractivity contribution >= 4 is 39.0 Å². The summed E-state index contributed by atoms with van der Waals surface area (Å²) in [6.07, 6.45) is 0. The van der Waals surface area contributed by atoms with E-state index >= 15 is 0 Å². The molecule has 0 aliphatic rings. The van der Waals surface area contributed by atoms with Crippen LogP contribution < -0.4 is 5.32 Å². The van der Waals surface area contributed by atoms with Crippen LogP contribution in [0.4, 0.5) is 15.9 Å². The predicted octanol–water partition coefficient (Wildman–Crippen LogP) is 4.08. The molecule has 0 radical (unpaired) electrons. The Labute approximate surface area is 111 Å². The molecule has 1 heterocycles. The van der Waals surface area contributed by atoms with E-state index in [1.807, 2.05) is 0 Å². The maximum atomic E-state index is 13.3. The van der Waals surface area contributed by atoms with Crippen LogP contribution in [0, 0.1) is 12.7 Å². The Morgan fingerprint density at radius 1 is 1.29 bits per heavy atom. The van der Waals surface area contributed by atoms with E-state index in [0.717, 1.165) is 0 Å². The van der Waals surface area contributed by atoms with Crippen molar-refractivity contribution in [3.8, 4) is 0 Å². The van der Waals surface area contributed by atoms with Gasteiger partial charge in [0.2, 0.25) is 0 Å².